The van der Waals surface area contributed by atoms with Crippen molar-refractivity contribution in [2.24, 2.45) is 0 Å². The molecule has 2 heterocycles. The van der Waals surface area contributed by atoms with Gasteiger partial charge in [0.1, 0.15) is 5.52 Å². The second-order valence-electron chi connectivity index (χ2n) is 4.32. The highest BCUT2D eigenvalue weighted by molar-refractivity contribution is 5.92. The van der Waals surface area contributed by atoms with Gasteiger partial charge in [-0.3, -0.25) is 4.98 Å². The van der Waals surface area contributed by atoms with E-state index in [4.69, 9.17) is 9.52 Å². The molecular weight excluding hydrogens is 258 g/mol. The second-order valence-corrected chi connectivity index (χ2v) is 4.32. The summed E-state index contributed by atoms with van der Waals surface area (Å²) >= 11 is 0. The Morgan fingerprint density at radius 3 is 2.85 bits per heavy atom. The van der Waals surface area contributed by atoms with Crippen molar-refractivity contribution in [1.82, 2.24) is 9.97 Å². The van der Waals surface area contributed by atoms with Crippen LogP contribution in [0.25, 0.3) is 11.1 Å². The van der Waals surface area contributed by atoms with Crippen LogP contribution in [-0.4, -0.2) is 21.0 Å². The van der Waals surface area contributed by atoms with Crippen LogP contribution in [0.2, 0.25) is 0 Å². The highest BCUT2D eigenvalue weighted by Gasteiger charge is 2.09. The van der Waals surface area contributed by atoms with Gasteiger partial charge < -0.3 is 14.8 Å². The molecule has 0 amide bonds. The van der Waals surface area contributed by atoms with E-state index in [1.54, 1.807) is 12.3 Å². The van der Waals surface area contributed by atoms with Crippen molar-refractivity contribution in [1.29, 1.82) is 0 Å². The number of rotatable bonds is 3. The Bertz CT molecular complexity index is 778. The summed E-state index contributed by atoms with van der Waals surface area (Å²) in [6.45, 7) is 1.90. The molecule has 2 N–H and O–H groups in total. The third-order valence-electron chi connectivity index (χ3n) is 2.80. The molecule has 6 nitrogen and oxygen atoms in total. The first-order valence-corrected chi connectivity index (χ1v) is 5.95. The van der Waals surface area contributed by atoms with E-state index < -0.39 is 5.97 Å². The molecule has 0 saturated carbocycles. The van der Waals surface area contributed by atoms with Crippen LogP contribution in [0.1, 0.15) is 16.1 Å². The van der Waals surface area contributed by atoms with E-state index in [2.05, 4.69) is 15.3 Å². The van der Waals surface area contributed by atoms with Gasteiger partial charge >= 0.3 is 5.97 Å². The van der Waals surface area contributed by atoms with E-state index in [1.807, 2.05) is 19.1 Å². The standard InChI is InChI=1S/C14H11N3O3/c1-8-2-4-10(7-15-8)16-14-17-11-5-3-9(13(18)19)6-12(11)20-14/h2-7H,1H3,(H,16,17)(H,18,19). The number of nitrogens with one attached hydrogen (secondary N) is 1. The van der Waals surface area contributed by atoms with E-state index in [1.165, 1.54) is 12.1 Å². The van der Waals surface area contributed by atoms with Gasteiger partial charge in [0.25, 0.3) is 6.01 Å². The van der Waals surface area contributed by atoms with Crippen molar-refractivity contribution >= 4 is 28.8 Å². The minimum absolute atomic E-state index is 0.164. The predicted octanol–water partition coefficient (Wildman–Crippen LogP) is 2.97. The molecule has 0 fully saturated rings. The molecule has 0 aliphatic rings. The highest BCUT2D eigenvalue weighted by atomic mass is 16.4. The number of benzene rings is 1. The van der Waals surface area contributed by atoms with Crippen LogP contribution in [-0.2, 0) is 0 Å². The molecule has 100 valence electrons. The van der Waals surface area contributed by atoms with Crippen molar-refractivity contribution in [2.75, 3.05) is 5.32 Å². The molecule has 3 aromatic rings. The Labute approximate surface area is 114 Å². The number of oxazole rings is 1. The highest BCUT2D eigenvalue weighted by Crippen LogP contribution is 2.22. The Kier molecular flexibility index (Phi) is 2.83. The smallest absolute Gasteiger partial charge is 0.335 e. The number of nitrogens with zero attached hydrogens (tertiary/aromatic N) is 2. The number of hydrogen-bond donors (Lipinski definition) is 2. The Morgan fingerprint density at radius 1 is 1.30 bits per heavy atom. The number of pyridine rings is 1. The second kappa shape index (κ2) is 4.65. The van der Waals surface area contributed by atoms with E-state index in [0.29, 0.717) is 17.1 Å². The molecule has 0 aliphatic heterocycles. The van der Waals surface area contributed by atoms with Gasteiger partial charge in [-0.15, -0.1) is 0 Å². The van der Waals surface area contributed by atoms with Crippen LogP contribution in [0.3, 0.4) is 0 Å². The van der Waals surface area contributed by atoms with Crippen molar-refractivity contribution in [3.8, 4) is 0 Å². The first kappa shape index (κ1) is 12.2. The maximum Gasteiger partial charge on any atom is 0.335 e. The molecule has 0 atom stereocenters. The van der Waals surface area contributed by atoms with Gasteiger partial charge in [0, 0.05) is 5.69 Å². The number of carboxylic acid groups (broad SMARTS) is 1. The number of anilines is 2. The molecular formula is C14H11N3O3. The zero-order valence-electron chi connectivity index (χ0n) is 10.6. The number of hydrogen-bond acceptors (Lipinski definition) is 5. The molecule has 0 bridgehead atoms. The first-order chi connectivity index (χ1) is 9.61. The lowest BCUT2D eigenvalue weighted by molar-refractivity contribution is 0.0697. The lowest BCUT2D eigenvalue weighted by atomic mass is 10.2. The molecule has 3 rings (SSSR count). The molecule has 0 spiro atoms. The van der Waals surface area contributed by atoms with Gasteiger partial charge in [0.05, 0.1) is 17.4 Å². The lowest BCUT2D eigenvalue weighted by Gasteiger charge is -2.00. The van der Waals surface area contributed by atoms with Crippen molar-refractivity contribution in [3.63, 3.8) is 0 Å². The fraction of sp³-hybridized carbons (Fsp3) is 0.0714. The monoisotopic (exact) mass is 269 g/mol. The maximum absolute atomic E-state index is 10.9. The Morgan fingerprint density at radius 2 is 2.15 bits per heavy atom. The quantitative estimate of drug-likeness (QED) is 0.760. The molecule has 0 radical (unpaired) electrons. The van der Waals surface area contributed by atoms with Crippen LogP contribution in [0.15, 0.2) is 40.9 Å². The van der Waals surface area contributed by atoms with Gasteiger partial charge in [0.15, 0.2) is 5.58 Å². The Balaban J connectivity index is 1.92. The number of fused-ring (bicyclic) bond motifs is 1. The predicted molar refractivity (Wildman–Crippen MR) is 73.2 cm³/mol. The van der Waals surface area contributed by atoms with Gasteiger partial charge in [0.2, 0.25) is 0 Å². The summed E-state index contributed by atoms with van der Waals surface area (Å²) in [6, 6.07) is 8.58. The summed E-state index contributed by atoms with van der Waals surface area (Å²) in [7, 11) is 0. The van der Waals surface area contributed by atoms with Gasteiger partial charge in [-0.2, -0.15) is 4.98 Å². The molecule has 6 heteroatoms. The van der Waals surface area contributed by atoms with E-state index >= 15 is 0 Å². The van der Waals surface area contributed by atoms with Crippen molar-refractivity contribution < 1.29 is 14.3 Å². The summed E-state index contributed by atoms with van der Waals surface area (Å²) in [4.78, 5) is 19.3. The molecule has 1 aromatic carbocycles. The summed E-state index contributed by atoms with van der Waals surface area (Å²) < 4.78 is 5.48. The minimum atomic E-state index is -0.999. The number of carboxylic acids is 1. The number of aromatic nitrogens is 2. The lowest BCUT2D eigenvalue weighted by Crippen LogP contribution is -1.94. The average molecular weight is 269 g/mol. The fourth-order valence-corrected chi connectivity index (χ4v) is 1.78. The maximum atomic E-state index is 10.9. The Hall–Kier alpha value is -2.89. The number of aromatic carboxylic acids is 1. The fourth-order valence-electron chi connectivity index (χ4n) is 1.78. The summed E-state index contributed by atoms with van der Waals surface area (Å²) in [6.07, 6.45) is 1.67. The summed E-state index contributed by atoms with van der Waals surface area (Å²) in [5.74, 6) is -0.999. The van der Waals surface area contributed by atoms with Crippen LogP contribution >= 0.6 is 0 Å². The molecule has 0 aliphatic carbocycles. The van der Waals surface area contributed by atoms with Crippen LogP contribution < -0.4 is 5.32 Å². The van der Waals surface area contributed by atoms with E-state index in [-0.39, 0.29) is 5.56 Å². The van der Waals surface area contributed by atoms with Gasteiger partial charge in [-0.25, -0.2) is 4.79 Å². The molecule has 0 saturated heterocycles. The van der Waals surface area contributed by atoms with Crippen LogP contribution in [0.4, 0.5) is 11.7 Å². The van der Waals surface area contributed by atoms with E-state index in [9.17, 15) is 4.79 Å². The third kappa shape index (κ3) is 2.31. The first-order valence-electron chi connectivity index (χ1n) is 5.95. The van der Waals surface area contributed by atoms with Crippen molar-refractivity contribution in [2.45, 2.75) is 6.92 Å². The average Bonchev–Trinajstić information content (AvgIpc) is 2.82. The third-order valence-corrected chi connectivity index (χ3v) is 2.80. The zero-order valence-corrected chi connectivity index (χ0v) is 10.6. The molecule has 20 heavy (non-hydrogen) atoms. The van der Waals surface area contributed by atoms with Gasteiger partial charge in [-0.05, 0) is 37.3 Å². The minimum Gasteiger partial charge on any atom is -0.478 e. The molecule has 2 aromatic heterocycles. The van der Waals surface area contributed by atoms with E-state index in [0.717, 1.165) is 11.4 Å². The van der Waals surface area contributed by atoms with Crippen molar-refractivity contribution in [3.05, 3.63) is 47.8 Å². The molecule has 0 unspecified atom stereocenters. The van der Waals surface area contributed by atoms with Gasteiger partial charge in [-0.1, -0.05) is 0 Å². The summed E-state index contributed by atoms with van der Waals surface area (Å²) in [5, 5.41) is 11.9. The largest absolute Gasteiger partial charge is 0.478 e. The number of aryl methyl sites for hydroxylation is 1. The van der Waals surface area contributed by atoms with Crippen LogP contribution in [0, 0.1) is 6.92 Å². The topological polar surface area (TPSA) is 88.2 Å². The number of carbonyl (C=O) groups is 1. The van der Waals surface area contributed by atoms with Crippen LogP contribution in [0.5, 0.6) is 0 Å². The summed E-state index contributed by atoms with van der Waals surface area (Å²) in [5.41, 5.74) is 2.85. The zero-order chi connectivity index (χ0) is 14.1. The SMILES string of the molecule is Cc1ccc(Nc2nc3ccc(C(=O)O)cc3o2)cn1. The normalized spacial score (nSPS) is 10.7.